The molecule has 7 N–H and O–H groups in total. The first-order chi connectivity index (χ1) is 22.1. The van der Waals surface area contributed by atoms with Crippen molar-refractivity contribution >= 4 is 29.0 Å². The Morgan fingerprint density at radius 2 is 1.78 bits per heavy atom. The van der Waals surface area contributed by atoms with Crippen LogP contribution in [0.3, 0.4) is 0 Å². The van der Waals surface area contributed by atoms with Crippen LogP contribution < -0.4 is 26.7 Å². The smallest absolute Gasteiger partial charge is 0.148 e. The van der Waals surface area contributed by atoms with E-state index in [4.69, 9.17) is 31.7 Å². The minimum Gasteiger partial charge on any atom is -0.494 e. The van der Waals surface area contributed by atoms with Crippen LogP contribution >= 0.6 is 11.9 Å². The monoisotopic (exact) mass is 662 g/mol. The highest BCUT2D eigenvalue weighted by Crippen LogP contribution is 2.34. The Hall–Kier alpha value is -3.19. The van der Waals surface area contributed by atoms with Crippen molar-refractivity contribution < 1.29 is 22.6 Å². The van der Waals surface area contributed by atoms with Crippen LogP contribution in [0.25, 0.3) is 5.70 Å². The summed E-state index contributed by atoms with van der Waals surface area (Å²) in [6.45, 7) is 10.1. The maximum absolute atomic E-state index is 15.4. The predicted octanol–water partition coefficient (Wildman–Crippen LogP) is 6.47. The third kappa shape index (κ3) is 10.7. The van der Waals surface area contributed by atoms with Crippen molar-refractivity contribution in [1.82, 2.24) is 4.90 Å². The number of likely N-dealkylation sites (N-methyl/N-ethyl adjacent to an activating group) is 1. The number of anilines is 1. The third-order valence-corrected chi connectivity index (χ3v) is 8.62. The van der Waals surface area contributed by atoms with Crippen LogP contribution in [-0.4, -0.2) is 63.2 Å². The van der Waals surface area contributed by atoms with Gasteiger partial charge in [-0.3, -0.25) is 4.99 Å². The zero-order valence-corrected chi connectivity index (χ0v) is 28.2. The summed E-state index contributed by atoms with van der Waals surface area (Å²) in [5.41, 5.74) is 20.1. The lowest BCUT2D eigenvalue weighted by atomic mass is 9.80. The second kappa shape index (κ2) is 18.8. The van der Waals surface area contributed by atoms with E-state index in [1.165, 1.54) is 24.6 Å². The van der Waals surface area contributed by atoms with Gasteiger partial charge < -0.3 is 36.3 Å². The molecule has 0 atom stereocenters. The molecule has 1 heterocycles. The predicted molar refractivity (Wildman–Crippen MR) is 183 cm³/mol. The molecule has 2 fully saturated rings. The van der Waals surface area contributed by atoms with Gasteiger partial charge in [0.25, 0.3) is 0 Å². The molecule has 0 amide bonds. The molecule has 46 heavy (non-hydrogen) atoms. The van der Waals surface area contributed by atoms with Crippen molar-refractivity contribution in [3.63, 3.8) is 0 Å². The molecule has 2 aliphatic rings. The van der Waals surface area contributed by atoms with E-state index in [2.05, 4.69) is 16.7 Å². The fourth-order valence-corrected chi connectivity index (χ4v) is 6.03. The number of nitrogens with one attached hydrogen (secondary N) is 1. The Kier molecular flexibility index (Phi) is 15.3. The molecule has 8 nitrogen and oxygen atoms in total. The lowest BCUT2D eigenvalue weighted by molar-refractivity contribution is 0.0503. The molecule has 1 aliphatic heterocycles. The van der Waals surface area contributed by atoms with E-state index in [-0.39, 0.29) is 40.3 Å². The third-order valence-electron chi connectivity index (χ3n) is 7.77. The van der Waals surface area contributed by atoms with Crippen LogP contribution in [0.15, 0.2) is 57.6 Å². The van der Waals surface area contributed by atoms with E-state index in [9.17, 15) is 4.39 Å². The van der Waals surface area contributed by atoms with Crippen molar-refractivity contribution in [2.75, 3.05) is 51.2 Å². The van der Waals surface area contributed by atoms with E-state index in [0.29, 0.717) is 23.6 Å². The minimum absolute atomic E-state index is 0.00174. The van der Waals surface area contributed by atoms with E-state index < -0.39 is 17.5 Å². The molecule has 2 aromatic rings. The molecule has 0 aromatic heterocycles. The largest absolute Gasteiger partial charge is 0.494 e. The zero-order valence-electron chi connectivity index (χ0n) is 27.4. The summed E-state index contributed by atoms with van der Waals surface area (Å²) in [4.78, 5) is 7.22. The summed E-state index contributed by atoms with van der Waals surface area (Å²) in [6.07, 6.45) is 6.81. The topological polar surface area (TPSA) is 124 Å². The van der Waals surface area contributed by atoms with Crippen molar-refractivity contribution in [3.05, 3.63) is 70.7 Å². The average molecular weight is 663 g/mol. The number of allylic oxidation sites excluding steroid dienone is 1. The zero-order chi connectivity index (χ0) is 33.6. The van der Waals surface area contributed by atoms with E-state index in [1.54, 1.807) is 6.20 Å². The summed E-state index contributed by atoms with van der Waals surface area (Å²) in [7, 11) is 2.11. The first kappa shape index (κ1) is 37.3. The Morgan fingerprint density at radius 1 is 1.09 bits per heavy atom. The highest BCUT2D eigenvalue weighted by molar-refractivity contribution is 8.00. The van der Waals surface area contributed by atoms with E-state index >= 15 is 8.78 Å². The molecule has 0 bridgehead atoms. The number of aliphatic imine (C=N–C) groups is 1. The molecule has 2 aromatic carbocycles. The minimum atomic E-state index is -0.760. The van der Waals surface area contributed by atoms with Gasteiger partial charge in [-0.25, -0.2) is 13.2 Å². The van der Waals surface area contributed by atoms with E-state index in [1.807, 2.05) is 20.8 Å². The molecule has 1 saturated heterocycles. The van der Waals surface area contributed by atoms with Gasteiger partial charge in [0, 0.05) is 48.6 Å². The molecule has 0 radical (unpaired) electrons. The van der Waals surface area contributed by atoms with Crippen molar-refractivity contribution in [2.45, 2.75) is 63.8 Å². The number of ether oxygens (including phenoxy) is 2. The molecular weight excluding hydrogens is 613 g/mol. The summed E-state index contributed by atoms with van der Waals surface area (Å²) in [6, 6.07) is 6.14. The fourth-order valence-electron chi connectivity index (χ4n) is 5.32. The quantitative estimate of drug-likeness (QED) is 0.160. The number of nitrogens with two attached hydrogens (primary N) is 3. The molecule has 1 saturated carbocycles. The fraction of sp³-hybridized carbons (Fsp3) is 0.500. The van der Waals surface area contributed by atoms with Crippen molar-refractivity contribution in [2.24, 2.45) is 28.1 Å². The van der Waals surface area contributed by atoms with Gasteiger partial charge >= 0.3 is 0 Å². The number of nitrogens with zero attached hydrogens (tertiary/aromatic N) is 2. The van der Waals surface area contributed by atoms with Gasteiger partial charge in [0.15, 0.2) is 0 Å². The molecule has 12 heteroatoms. The first-order valence-electron chi connectivity index (χ1n) is 15.9. The first-order valence-corrected chi connectivity index (χ1v) is 16.7. The van der Waals surface area contributed by atoms with Gasteiger partial charge in [-0.05, 0) is 94.6 Å². The number of halogens is 3. The molecule has 4 rings (SSSR count). The second-order valence-corrected chi connectivity index (χ2v) is 12.4. The Morgan fingerprint density at radius 3 is 2.35 bits per heavy atom. The van der Waals surface area contributed by atoms with Gasteiger partial charge in [-0.1, -0.05) is 19.3 Å². The summed E-state index contributed by atoms with van der Waals surface area (Å²) in [5, 5.41) is 0. The van der Waals surface area contributed by atoms with Crippen molar-refractivity contribution in [1.29, 1.82) is 0 Å². The number of rotatable bonds is 11. The highest BCUT2D eigenvalue weighted by atomic mass is 32.2. The van der Waals surface area contributed by atoms with Crippen molar-refractivity contribution in [3.8, 4) is 5.75 Å². The van der Waals surface area contributed by atoms with E-state index in [0.717, 1.165) is 81.6 Å². The second-order valence-electron chi connectivity index (χ2n) is 11.6. The van der Waals surface area contributed by atoms with Crippen LogP contribution in [0.5, 0.6) is 5.75 Å². The lowest BCUT2D eigenvalue weighted by Gasteiger charge is -2.27. The van der Waals surface area contributed by atoms with Crippen LogP contribution in [-0.2, 0) is 4.74 Å². The Balaban J connectivity index is 0.000000724. The molecule has 1 aliphatic carbocycles. The van der Waals surface area contributed by atoms with Crippen LogP contribution in [0.2, 0.25) is 0 Å². The van der Waals surface area contributed by atoms with Gasteiger partial charge in [0.05, 0.1) is 36.1 Å². The summed E-state index contributed by atoms with van der Waals surface area (Å²) in [5.74, 6) is -1.38. The van der Waals surface area contributed by atoms with Gasteiger partial charge in [0.1, 0.15) is 23.2 Å². The van der Waals surface area contributed by atoms with Crippen LogP contribution in [0.1, 0.15) is 58.4 Å². The summed E-state index contributed by atoms with van der Waals surface area (Å²) < 4.78 is 57.9. The molecular formula is C34H49F3N6O2S. The number of benzene rings is 2. The number of hydrogen-bond donors (Lipinski definition) is 4. The standard InChI is InChI=1S/C29H38F3N5OS.C5H11NO/c1-4-38-19-10-11-23(30)27(12-19)39-37-26-14-24(31)20(13-25(26)32)28(35)22(16-34)29(36-17(2)3)21(15-33)18-8-6-5-7-9-18;1-6-2-4-7-5-3-6/h10-15,17-18,37H,4-9,16,33-35H2,1-3H3;2-5H2,1H3/b21-15-,28-22-,36-29?;. The Bertz CT molecular complexity index is 1370. The lowest BCUT2D eigenvalue weighted by Crippen LogP contribution is -2.32. The number of morpholine rings is 1. The maximum Gasteiger partial charge on any atom is 0.148 e. The van der Waals surface area contributed by atoms with Crippen LogP contribution in [0, 0.1) is 23.4 Å². The SMILES string of the molecule is CCOc1ccc(F)c(SNc2cc(F)c(/C(N)=C(\CN)C(=NC(C)C)/C(=C\N)C3CCCCC3)cc2F)c1.CN1CCOCC1. The summed E-state index contributed by atoms with van der Waals surface area (Å²) >= 11 is 0.807. The van der Waals surface area contributed by atoms with Gasteiger partial charge in [-0.15, -0.1) is 0 Å². The molecule has 0 unspecified atom stereocenters. The maximum atomic E-state index is 15.4. The van der Waals surface area contributed by atoms with Crippen LogP contribution in [0.4, 0.5) is 18.9 Å². The van der Waals surface area contributed by atoms with Gasteiger partial charge in [-0.2, -0.15) is 0 Å². The molecule has 254 valence electrons. The van der Waals surface area contributed by atoms with Gasteiger partial charge in [0.2, 0.25) is 0 Å². The normalized spacial score (nSPS) is 17.3. The highest BCUT2D eigenvalue weighted by Gasteiger charge is 2.26. The molecule has 0 spiro atoms. The Labute approximate surface area is 275 Å². The average Bonchev–Trinajstić information content (AvgIpc) is 3.04. The number of hydrogen-bond acceptors (Lipinski definition) is 9.